The summed E-state index contributed by atoms with van der Waals surface area (Å²) in [4.78, 5) is 0. The molecule has 0 aromatic heterocycles. The van der Waals surface area contributed by atoms with Crippen LogP contribution in [0.1, 0.15) is 50.5 Å². The van der Waals surface area contributed by atoms with E-state index < -0.39 is 0 Å². The highest BCUT2D eigenvalue weighted by Crippen LogP contribution is 2.24. The summed E-state index contributed by atoms with van der Waals surface area (Å²) in [6, 6.07) is 19.2. The molecule has 1 saturated heterocycles. The van der Waals surface area contributed by atoms with Crippen molar-refractivity contribution in [2.75, 3.05) is 19.7 Å². The lowest BCUT2D eigenvalue weighted by atomic mass is 9.96. The predicted molar refractivity (Wildman–Crippen MR) is 110 cm³/mol. The van der Waals surface area contributed by atoms with Crippen molar-refractivity contribution < 1.29 is 4.74 Å². The first-order chi connectivity index (χ1) is 12.9. The van der Waals surface area contributed by atoms with Gasteiger partial charge in [-0.15, -0.1) is 0 Å². The molecule has 1 fully saturated rings. The molecule has 2 aromatic rings. The van der Waals surface area contributed by atoms with E-state index in [0.29, 0.717) is 6.61 Å². The first-order valence-electron chi connectivity index (χ1n) is 10.4. The predicted octanol–water partition coefficient (Wildman–Crippen LogP) is 5.82. The molecule has 2 heteroatoms. The Kier molecular flexibility index (Phi) is 8.21. The molecule has 0 spiro atoms. The van der Waals surface area contributed by atoms with Crippen LogP contribution in [0.25, 0.3) is 11.1 Å². The second kappa shape index (κ2) is 11.2. The Morgan fingerprint density at radius 2 is 1.73 bits per heavy atom. The zero-order chi connectivity index (χ0) is 17.9. The molecule has 140 valence electrons. The third kappa shape index (κ3) is 6.26. The highest BCUT2D eigenvalue weighted by molar-refractivity contribution is 5.66. The van der Waals surface area contributed by atoms with Crippen LogP contribution in [0.15, 0.2) is 54.6 Å². The van der Waals surface area contributed by atoms with Crippen molar-refractivity contribution in [1.29, 1.82) is 0 Å². The zero-order valence-corrected chi connectivity index (χ0v) is 16.0. The van der Waals surface area contributed by atoms with Gasteiger partial charge in [0.25, 0.3) is 0 Å². The van der Waals surface area contributed by atoms with E-state index in [4.69, 9.17) is 4.74 Å². The second-order valence-electron chi connectivity index (χ2n) is 7.49. The number of hydrogen-bond donors (Lipinski definition) is 1. The maximum absolute atomic E-state index is 5.98. The topological polar surface area (TPSA) is 21.3 Å². The van der Waals surface area contributed by atoms with Crippen LogP contribution in [0.4, 0.5) is 0 Å². The third-order valence-corrected chi connectivity index (χ3v) is 5.41. The van der Waals surface area contributed by atoms with Crippen molar-refractivity contribution in [3.8, 4) is 11.1 Å². The van der Waals surface area contributed by atoms with Crippen LogP contribution in [-0.4, -0.2) is 19.7 Å². The summed E-state index contributed by atoms with van der Waals surface area (Å²) in [6.07, 6.45) is 9.36. The van der Waals surface area contributed by atoms with E-state index >= 15 is 0 Å². The van der Waals surface area contributed by atoms with Crippen molar-refractivity contribution in [1.82, 2.24) is 5.32 Å². The molecule has 26 heavy (non-hydrogen) atoms. The highest BCUT2D eigenvalue weighted by Gasteiger charge is 2.11. The summed E-state index contributed by atoms with van der Waals surface area (Å²) in [5, 5.41) is 3.57. The number of rotatable bonds is 9. The van der Waals surface area contributed by atoms with Gasteiger partial charge < -0.3 is 10.1 Å². The summed E-state index contributed by atoms with van der Waals surface area (Å²) in [5.74, 6) is 0.899. The van der Waals surface area contributed by atoms with Gasteiger partial charge >= 0.3 is 0 Å². The second-order valence-corrected chi connectivity index (χ2v) is 7.49. The van der Waals surface area contributed by atoms with Crippen LogP contribution >= 0.6 is 0 Å². The minimum atomic E-state index is 0.706. The first-order valence-corrected chi connectivity index (χ1v) is 10.4. The maximum atomic E-state index is 5.98. The fourth-order valence-corrected chi connectivity index (χ4v) is 3.88. The van der Waals surface area contributed by atoms with Crippen molar-refractivity contribution in [2.24, 2.45) is 5.92 Å². The quantitative estimate of drug-likeness (QED) is 0.575. The summed E-state index contributed by atoms with van der Waals surface area (Å²) < 4.78 is 5.98. The number of ether oxygens (including phenoxy) is 1. The molecule has 0 bridgehead atoms. The molecule has 0 saturated carbocycles. The average molecular weight is 352 g/mol. The Morgan fingerprint density at radius 1 is 0.885 bits per heavy atom. The zero-order valence-electron chi connectivity index (χ0n) is 16.0. The molecule has 0 aliphatic carbocycles. The van der Waals surface area contributed by atoms with Crippen LogP contribution < -0.4 is 5.32 Å². The van der Waals surface area contributed by atoms with Crippen molar-refractivity contribution >= 4 is 0 Å². The lowest BCUT2D eigenvalue weighted by Gasteiger charge is -2.14. The number of benzene rings is 2. The number of unbranched alkanes of at least 4 members (excludes halogenated alkanes) is 2. The van der Waals surface area contributed by atoms with Crippen LogP contribution in [0.3, 0.4) is 0 Å². The molecule has 3 rings (SSSR count). The number of hydrogen-bond acceptors (Lipinski definition) is 2. The molecular weight excluding hydrogens is 318 g/mol. The maximum Gasteiger partial charge on any atom is 0.0722 e. The van der Waals surface area contributed by atoms with E-state index in [1.54, 1.807) is 0 Å². The van der Waals surface area contributed by atoms with Crippen LogP contribution in [0, 0.1) is 5.92 Å². The lowest BCUT2D eigenvalue weighted by Crippen LogP contribution is -2.20. The van der Waals surface area contributed by atoms with Gasteiger partial charge in [0, 0.05) is 6.61 Å². The molecule has 1 atom stereocenters. The Morgan fingerprint density at radius 3 is 2.65 bits per heavy atom. The van der Waals surface area contributed by atoms with E-state index in [0.717, 1.165) is 12.5 Å². The van der Waals surface area contributed by atoms with E-state index in [1.165, 1.54) is 74.7 Å². The monoisotopic (exact) mass is 351 g/mol. The Balaban J connectivity index is 1.34. The fraction of sp³-hybridized carbons (Fsp3) is 0.500. The van der Waals surface area contributed by atoms with Gasteiger partial charge in [-0.05, 0) is 61.4 Å². The molecular formula is C24H33NO. The Bertz CT molecular complexity index is 617. The number of nitrogens with one attached hydrogen (secondary N) is 1. The smallest absolute Gasteiger partial charge is 0.0722 e. The summed E-state index contributed by atoms with van der Waals surface area (Å²) >= 11 is 0. The molecule has 1 aliphatic heterocycles. The fourth-order valence-electron chi connectivity index (χ4n) is 3.88. The van der Waals surface area contributed by atoms with E-state index in [2.05, 4.69) is 59.9 Å². The molecule has 2 nitrogen and oxygen atoms in total. The van der Waals surface area contributed by atoms with Gasteiger partial charge in [-0.1, -0.05) is 73.9 Å². The SMILES string of the molecule is c1ccc(-c2ccccc2COCCCCCC2CCCCNC2)cc1. The molecule has 1 N–H and O–H groups in total. The van der Waals surface area contributed by atoms with Gasteiger partial charge in [-0.25, -0.2) is 0 Å². The molecule has 2 aromatic carbocycles. The van der Waals surface area contributed by atoms with E-state index in [1.807, 2.05) is 0 Å². The highest BCUT2D eigenvalue weighted by atomic mass is 16.5. The summed E-state index contributed by atoms with van der Waals surface area (Å²) in [5.41, 5.74) is 3.83. The first kappa shape index (κ1) is 19.1. The lowest BCUT2D eigenvalue weighted by molar-refractivity contribution is 0.116. The van der Waals surface area contributed by atoms with Gasteiger partial charge in [0.15, 0.2) is 0 Å². The van der Waals surface area contributed by atoms with Crippen LogP contribution in [-0.2, 0) is 11.3 Å². The van der Waals surface area contributed by atoms with Crippen LogP contribution in [0.2, 0.25) is 0 Å². The molecule has 1 heterocycles. The average Bonchev–Trinajstić information content (AvgIpc) is 2.97. The van der Waals surface area contributed by atoms with Gasteiger partial charge in [0.05, 0.1) is 6.61 Å². The molecule has 0 radical (unpaired) electrons. The van der Waals surface area contributed by atoms with Crippen molar-refractivity contribution in [2.45, 2.75) is 51.6 Å². The summed E-state index contributed by atoms with van der Waals surface area (Å²) in [7, 11) is 0. The van der Waals surface area contributed by atoms with Crippen LogP contribution in [0.5, 0.6) is 0 Å². The van der Waals surface area contributed by atoms with E-state index in [-0.39, 0.29) is 0 Å². The van der Waals surface area contributed by atoms with Gasteiger partial charge in [0.2, 0.25) is 0 Å². The van der Waals surface area contributed by atoms with Crippen molar-refractivity contribution in [3.63, 3.8) is 0 Å². The largest absolute Gasteiger partial charge is 0.377 e. The normalized spacial score (nSPS) is 17.8. The Hall–Kier alpha value is -1.64. The Labute approximate surface area is 159 Å². The molecule has 0 amide bonds. The molecule has 1 aliphatic rings. The summed E-state index contributed by atoms with van der Waals surface area (Å²) in [6.45, 7) is 4.02. The third-order valence-electron chi connectivity index (χ3n) is 5.41. The minimum Gasteiger partial charge on any atom is -0.377 e. The van der Waals surface area contributed by atoms with E-state index in [9.17, 15) is 0 Å². The molecule has 1 unspecified atom stereocenters. The standard InChI is InChI=1S/C24H33NO/c1-4-13-22(14-5-1)24-16-7-6-15-23(24)20-26-18-10-2-3-11-21-12-8-9-17-25-19-21/h1,4-7,13-16,21,25H,2-3,8-12,17-20H2. The van der Waals surface area contributed by atoms with Gasteiger partial charge in [-0.3, -0.25) is 0 Å². The van der Waals surface area contributed by atoms with Gasteiger partial charge in [-0.2, -0.15) is 0 Å². The van der Waals surface area contributed by atoms with Gasteiger partial charge in [0.1, 0.15) is 0 Å². The van der Waals surface area contributed by atoms with Crippen molar-refractivity contribution in [3.05, 3.63) is 60.2 Å². The minimum absolute atomic E-state index is 0.706.